The number of nitrogens with one attached hydrogen (secondary N) is 1. The molecule has 0 amide bonds. The van der Waals surface area contributed by atoms with E-state index < -0.39 is 6.04 Å². The summed E-state index contributed by atoms with van der Waals surface area (Å²) in [4.78, 5) is 16.6. The molecule has 1 aliphatic rings. The second-order valence-electron chi connectivity index (χ2n) is 5.10. The van der Waals surface area contributed by atoms with E-state index in [1.807, 2.05) is 19.9 Å². The van der Waals surface area contributed by atoms with E-state index in [0.29, 0.717) is 29.6 Å². The largest absolute Gasteiger partial charge is 0.467 e. The summed E-state index contributed by atoms with van der Waals surface area (Å²) in [5.74, 6) is 0.833. The zero-order valence-electron chi connectivity index (χ0n) is 12.6. The van der Waals surface area contributed by atoms with Crippen molar-refractivity contribution in [2.45, 2.75) is 32.7 Å². The smallest absolute Gasteiger partial charge is 0.338 e. The Hall–Kier alpha value is -2.57. The Morgan fingerprint density at radius 1 is 1.55 bits per heavy atom. The lowest BCUT2D eigenvalue weighted by molar-refractivity contribution is -0.139. The van der Waals surface area contributed by atoms with Crippen LogP contribution in [-0.4, -0.2) is 27.3 Å². The first-order valence-electron chi connectivity index (χ1n) is 7.30. The molecule has 0 fully saturated rings. The molecule has 116 valence electrons. The Balaban J connectivity index is 1.96. The molecule has 0 aromatic carbocycles. The Labute approximate surface area is 128 Å². The Bertz CT molecular complexity index is 687. The first-order valence-corrected chi connectivity index (χ1v) is 7.30. The van der Waals surface area contributed by atoms with E-state index in [4.69, 9.17) is 9.15 Å². The number of carbonyl (C=O) groups is 1. The molecule has 1 atom stereocenters. The first-order chi connectivity index (χ1) is 10.7. The van der Waals surface area contributed by atoms with E-state index in [-0.39, 0.29) is 5.97 Å². The molecule has 1 unspecified atom stereocenters. The van der Waals surface area contributed by atoms with Crippen molar-refractivity contribution in [1.82, 2.24) is 14.8 Å². The lowest BCUT2D eigenvalue weighted by Gasteiger charge is -2.26. The number of ether oxygens (including phenoxy) is 1. The van der Waals surface area contributed by atoms with Crippen LogP contribution in [0.4, 0.5) is 5.95 Å². The van der Waals surface area contributed by atoms with Crippen LogP contribution in [-0.2, 0) is 9.53 Å². The highest BCUT2D eigenvalue weighted by molar-refractivity contribution is 5.92. The topological polar surface area (TPSA) is 82.2 Å². The summed E-state index contributed by atoms with van der Waals surface area (Å²) >= 11 is 0. The highest BCUT2D eigenvalue weighted by Crippen LogP contribution is 2.35. The number of fused-ring (bicyclic) bond motifs is 1. The van der Waals surface area contributed by atoms with Gasteiger partial charge in [-0.15, -0.1) is 0 Å². The Morgan fingerprint density at radius 3 is 3.14 bits per heavy atom. The second-order valence-corrected chi connectivity index (χ2v) is 5.10. The van der Waals surface area contributed by atoms with Crippen molar-refractivity contribution in [2.75, 3.05) is 11.9 Å². The minimum absolute atomic E-state index is 0.360. The lowest BCUT2D eigenvalue weighted by atomic mass is 10.0. The van der Waals surface area contributed by atoms with Gasteiger partial charge < -0.3 is 14.5 Å². The van der Waals surface area contributed by atoms with Crippen LogP contribution < -0.4 is 5.32 Å². The number of esters is 1. The molecule has 7 nitrogen and oxygen atoms in total. The molecule has 2 aromatic heterocycles. The van der Waals surface area contributed by atoms with Gasteiger partial charge >= 0.3 is 5.97 Å². The standard InChI is InChI=1S/C15H18N4O3/c1-3-4-7-22-14(20)12-10(2)18-15-16-9-17-19(15)13(12)11-6-5-8-21-11/h5-6,8-9,13H,3-4,7H2,1-2H3,(H,16,17,18). The third-order valence-corrected chi connectivity index (χ3v) is 3.56. The molecular formula is C15H18N4O3. The summed E-state index contributed by atoms with van der Waals surface area (Å²) < 4.78 is 12.5. The predicted molar refractivity (Wildman–Crippen MR) is 79.1 cm³/mol. The first kappa shape index (κ1) is 14.4. The summed E-state index contributed by atoms with van der Waals surface area (Å²) in [6.07, 6.45) is 4.82. The maximum absolute atomic E-state index is 12.5. The molecule has 3 rings (SSSR count). The third kappa shape index (κ3) is 2.49. The molecule has 3 heterocycles. The lowest BCUT2D eigenvalue weighted by Crippen LogP contribution is -2.29. The quantitative estimate of drug-likeness (QED) is 0.675. The van der Waals surface area contributed by atoms with Crippen molar-refractivity contribution in [3.05, 3.63) is 41.8 Å². The van der Waals surface area contributed by atoms with Gasteiger partial charge in [-0.1, -0.05) is 13.3 Å². The fraction of sp³-hybridized carbons (Fsp3) is 0.400. The zero-order valence-corrected chi connectivity index (χ0v) is 12.6. The van der Waals surface area contributed by atoms with Crippen LogP contribution in [0, 0.1) is 0 Å². The highest BCUT2D eigenvalue weighted by Gasteiger charge is 2.35. The zero-order chi connectivity index (χ0) is 15.5. The highest BCUT2D eigenvalue weighted by atomic mass is 16.5. The molecule has 22 heavy (non-hydrogen) atoms. The van der Waals surface area contributed by atoms with Crippen molar-refractivity contribution >= 4 is 11.9 Å². The average molecular weight is 302 g/mol. The summed E-state index contributed by atoms with van der Waals surface area (Å²) in [5, 5.41) is 7.28. The minimum Gasteiger partial charge on any atom is -0.467 e. The number of rotatable bonds is 5. The van der Waals surface area contributed by atoms with Crippen LogP contribution in [0.3, 0.4) is 0 Å². The van der Waals surface area contributed by atoms with Crippen molar-refractivity contribution in [2.24, 2.45) is 0 Å². The molecule has 0 spiro atoms. The summed E-state index contributed by atoms with van der Waals surface area (Å²) in [6.45, 7) is 4.28. The van der Waals surface area contributed by atoms with Gasteiger partial charge in [0.1, 0.15) is 18.1 Å². The van der Waals surface area contributed by atoms with Crippen LogP contribution in [0.5, 0.6) is 0 Å². The number of unbranched alkanes of at least 4 members (excludes halogenated alkanes) is 1. The second kappa shape index (κ2) is 6.05. The van der Waals surface area contributed by atoms with E-state index in [9.17, 15) is 4.79 Å². The molecule has 7 heteroatoms. The molecule has 0 saturated heterocycles. The van der Waals surface area contributed by atoms with Gasteiger partial charge in [-0.05, 0) is 25.5 Å². The third-order valence-electron chi connectivity index (χ3n) is 3.56. The van der Waals surface area contributed by atoms with Crippen LogP contribution >= 0.6 is 0 Å². The maximum atomic E-state index is 12.5. The van der Waals surface area contributed by atoms with E-state index in [1.165, 1.54) is 6.33 Å². The maximum Gasteiger partial charge on any atom is 0.338 e. The van der Waals surface area contributed by atoms with E-state index in [1.54, 1.807) is 17.0 Å². The average Bonchev–Trinajstić information content (AvgIpc) is 3.16. The van der Waals surface area contributed by atoms with Crippen LogP contribution in [0.15, 0.2) is 40.4 Å². The van der Waals surface area contributed by atoms with Gasteiger partial charge in [0.25, 0.3) is 0 Å². The van der Waals surface area contributed by atoms with Gasteiger partial charge in [0, 0.05) is 5.70 Å². The number of carbonyl (C=O) groups excluding carboxylic acids is 1. The number of anilines is 1. The summed E-state index contributed by atoms with van der Waals surface area (Å²) in [5.41, 5.74) is 1.19. The molecule has 1 aliphatic heterocycles. The van der Waals surface area contributed by atoms with Gasteiger partial charge in [0.2, 0.25) is 5.95 Å². The monoisotopic (exact) mass is 302 g/mol. The fourth-order valence-corrected chi connectivity index (χ4v) is 2.45. The van der Waals surface area contributed by atoms with Crippen LogP contribution in [0.2, 0.25) is 0 Å². The molecule has 2 aromatic rings. The van der Waals surface area contributed by atoms with Gasteiger partial charge in [-0.2, -0.15) is 10.1 Å². The SMILES string of the molecule is CCCCOC(=O)C1=C(C)Nc2ncnn2C1c1ccco1. The number of allylic oxidation sites excluding steroid dienone is 1. The molecule has 0 bridgehead atoms. The van der Waals surface area contributed by atoms with Crippen LogP contribution in [0.1, 0.15) is 38.5 Å². The number of hydrogen-bond donors (Lipinski definition) is 1. The number of nitrogens with zero attached hydrogens (tertiary/aromatic N) is 3. The Morgan fingerprint density at radius 2 is 2.41 bits per heavy atom. The van der Waals surface area contributed by atoms with Gasteiger partial charge in [-0.3, -0.25) is 0 Å². The minimum atomic E-state index is -0.470. The van der Waals surface area contributed by atoms with Crippen molar-refractivity contribution in [3.63, 3.8) is 0 Å². The number of hydrogen-bond acceptors (Lipinski definition) is 6. The van der Waals surface area contributed by atoms with Gasteiger partial charge in [0.15, 0.2) is 0 Å². The normalized spacial score (nSPS) is 17.1. The van der Waals surface area contributed by atoms with E-state index >= 15 is 0 Å². The van der Waals surface area contributed by atoms with Gasteiger partial charge in [0.05, 0.1) is 18.4 Å². The van der Waals surface area contributed by atoms with Gasteiger partial charge in [-0.25, -0.2) is 9.48 Å². The van der Waals surface area contributed by atoms with E-state index in [0.717, 1.165) is 12.8 Å². The van der Waals surface area contributed by atoms with Crippen molar-refractivity contribution < 1.29 is 13.9 Å². The predicted octanol–water partition coefficient (Wildman–Crippen LogP) is 2.50. The molecule has 0 radical (unpaired) electrons. The molecule has 0 aliphatic carbocycles. The number of aromatic nitrogens is 3. The van der Waals surface area contributed by atoms with E-state index in [2.05, 4.69) is 15.4 Å². The summed E-state index contributed by atoms with van der Waals surface area (Å²) in [6, 6.07) is 3.13. The Kier molecular flexibility index (Phi) is 3.95. The fourth-order valence-electron chi connectivity index (χ4n) is 2.45. The number of furan rings is 1. The van der Waals surface area contributed by atoms with Crippen molar-refractivity contribution in [3.8, 4) is 0 Å². The van der Waals surface area contributed by atoms with Crippen molar-refractivity contribution in [1.29, 1.82) is 0 Å². The molecule has 0 saturated carbocycles. The summed E-state index contributed by atoms with van der Waals surface area (Å²) in [7, 11) is 0. The van der Waals surface area contributed by atoms with Crippen LogP contribution in [0.25, 0.3) is 0 Å². The molecule has 1 N–H and O–H groups in total. The molecular weight excluding hydrogens is 284 g/mol.